The summed E-state index contributed by atoms with van der Waals surface area (Å²) in [5.41, 5.74) is 3.44. The third-order valence-electron chi connectivity index (χ3n) is 3.62. The van der Waals surface area contributed by atoms with Crippen LogP contribution >= 0.6 is 0 Å². The Morgan fingerprint density at radius 2 is 2.05 bits per heavy atom. The molecule has 0 spiro atoms. The molecule has 0 amide bonds. The summed E-state index contributed by atoms with van der Waals surface area (Å²) < 4.78 is 2.20. The lowest BCUT2D eigenvalue weighted by Gasteiger charge is -2.20. The van der Waals surface area contributed by atoms with Crippen LogP contribution in [-0.2, 0) is 13.0 Å². The van der Waals surface area contributed by atoms with Crippen LogP contribution in [0.25, 0.3) is 0 Å². The smallest absolute Gasteiger partial charge is 0.110 e. The SMILES string of the molecule is CCNC(Cc1nccn1CC)c1ccc(C)nc1C. The van der Waals surface area contributed by atoms with E-state index in [1.165, 1.54) is 5.56 Å². The van der Waals surface area contributed by atoms with E-state index in [-0.39, 0.29) is 6.04 Å². The van der Waals surface area contributed by atoms with E-state index in [4.69, 9.17) is 0 Å². The molecule has 0 radical (unpaired) electrons. The van der Waals surface area contributed by atoms with Crippen LogP contribution in [0.15, 0.2) is 24.5 Å². The summed E-state index contributed by atoms with van der Waals surface area (Å²) in [7, 11) is 0. The van der Waals surface area contributed by atoms with Crippen molar-refractivity contribution in [3.8, 4) is 0 Å². The van der Waals surface area contributed by atoms with Gasteiger partial charge in [-0.25, -0.2) is 4.98 Å². The predicted octanol–water partition coefficient (Wildman–Crippen LogP) is 2.81. The summed E-state index contributed by atoms with van der Waals surface area (Å²) in [6, 6.07) is 4.53. The van der Waals surface area contributed by atoms with E-state index in [1.807, 2.05) is 19.3 Å². The number of rotatable bonds is 6. The van der Waals surface area contributed by atoms with Crippen molar-refractivity contribution >= 4 is 0 Å². The fraction of sp³-hybridized carbons (Fsp3) is 0.500. The standard InChI is InChI=1S/C16H24N4/c1-5-17-15(11-16-18-9-10-20(16)6-2)14-8-7-12(3)19-13(14)4/h7-10,15,17H,5-6,11H2,1-4H3. The van der Waals surface area contributed by atoms with E-state index in [1.54, 1.807) is 0 Å². The first kappa shape index (κ1) is 14.7. The van der Waals surface area contributed by atoms with Crippen molar-refractivity contribution < 1.29 is 0 Å². The second-order valence-electron chi connectivity index (χ2n) is 5.07. The number of hydrogen-bond acceptors (Lipinski definition) is 3. The van der Waals surface area contributed by atoms with Gasteiger partial charge in [0.2, 0.25) is 0 Å². The van der Waals surface area contributed by atoms with E-state index >= 15 is 0 Å². The molecular weight excluding hydrogens is 248 g/mol. The van der Waals surface area contributed by atoms with Crippen LogP contribution < -0.4 is 5.32 Å². The Morgan fingerprint density at radius 1 is 1.25 bits per heavy atom. The van der Waals surface area contributed by atoms with Gasteiger partial charge in [-0.2, -0.15) is 0 Å². The van der Waals surface area contributed by atoms with E-state index in [0.29, 0.717) is 0 Å². The van der Waals surface area contributed by atoms with Gasteiger partial charge in [-0.15, -0.1) is 0 Å². The van der Waals surface area contributed by atoms with Crippen molar-refractivity contribution in [1.29, 1.82) is 0 Å². The summed E-state index contributed by atoms with van der Waals surface area (Å²) in [5, 5.41) is 3.56. The molecule has 1 atom stereocenters. The van der Waals surface area contributed by atoms with Crippen molar-refractivity contribution in [2.24, 2.45) is 0 Å². The fourth-order valence-corrected chi connectivity index (χ4v) is 2.60. The summed E-state index contributed by atoms with van der Waals surface area (Å²) in [5.74, 6) is 1.12. The molecule has 0 saturated carbocycles. The van der Waals surface area contributed by atoms with E-state index in [0.717, 1.165) is 36.7 Å². The molecule has 2 heterocycles. The second-order valence-corrected chi connectivity index (χ2v) is 5.07. The van der Waals surface area contributed by atoms with Crippen LogP contribution in [0.3, 0.4) is 0 Å². The predicted molar refractivity (Wildman–Crippen MR) is 81.7 cm³/mol. The zero-order valence-electron chi connectivity index (χ0n) is 12.8. The Kier molecular flexibility index (Phi) is 4.90. The van der Waals surface area contributed by atoms with Gasteiger partial charge in [0.05, 0.1) is 0 Å². The van der Waals surface area contributed by atoms with Crippen molar-refractivity contribution in [3.05, 3.63) is 47.3 Å². The number of pyridine rings is 1. The van der Waals surface area contributed by atoms with Gasteiger partial charge < -0.3 is 9.88 Å². The highest BCUT2D eigenvalue weighted by Gasteiger charge is 2.16. The molecule has 2 rings (SSSR count). The summed E-state index contributed by atoms with van der Waals surface area (Å²) in [6.07, 6.45) is 4.81. The summed E-state index contributed by atoms with van der Waals surface area (Å²) in [4.78, 5) is 9.07. The highest BCUT2D eigenvalue weighted by molar-refractivity contribution is 5.26. The van der Waals surface area contributed by atoms with Gasteiger partial charge in [-0.3, -0.25) is 4.98 Å². The highest BCUT2D eigenvalue weighted by atomic mass is 15.1. The molecule has 1 unspecified atom stereocenters. The minimum absolute atomic E-state index is 0.265. The number of nitrogens with zero attached hydrogens (tertiary/aromatic N) is 3. The van der Waals surface area contributed by atoms with Gasteiger partial charge >= 0.3 is 0 Å². The maximum absolute atomic E-state index is 4.58. The summed E-state index contributed by atoms with van der Waals surface area (Å²) >= 11 is 0. The van der Waals surface area contributed by atoms with Gasteiger partial charge in [0.15, 0.2) is 0 Å². The molecule has 0 aliphatic heterocycles. The van der Waals surface area contributed by atoms with Gasteiger partial charge in [-0.05, 0) is 38.9 Å². The maximum Gasteiger partial charge on any atom is 0.110 e. The van der Waals surface area contributed by atoms with Crippen LogP contribution in [0.1, 0.15) is 42.7 Å². The van der Waals surface area contributed by atoms with Gasteiger partial charge in [0, 0.05) is 42.8 Å². The molecule has 0 bridgehead atoms. The van der Waals surface area contributed by atoms with Gasteiger partial charge in [-0.1, -0.05) is 13.0 Å². The molecule has 1 N–H and O–H groups in total. The topological polar surface area (TPSA) is 42.7 Å². The van der Waals surface area contributed by atoms with Crippen LogP contribution in [0.5, 0.6) is 0 Å². The third-order valence-corrected chi connectivity index (χ3v) is 3.62. The molecule has 2 aromatic rings. The Bertz CT molecular complexity index is 559. The minimum Gasteiger partial charge on any atom is -0.335 e. The first-order valence-corrected chi connectivity index (χ1v) is 7.33. The number of hydrogen-bond donors (Lipinski definition) is 1. The number of nitrogens with one attached hydrogen (secondary N) is 1. The zero-order chi connectivity index (χ0) is 14.5. The van der Waals surface area contributed by atoms with Crippen molar-refractivity contribution in [1.82, 2.24) is 19.9 Å². The normalized spacial score (nSPS) is 12.6. The second kappa shape index (κ2) is 6.66. The molecule has 0 aromatic carbocycles. The zero-order valence-corrected chi connectivity index (χ0v) is 12.8. The monoisotopic (exact) mass is 272 g/mol. The molecule has 108 valence electrons. The molecule has 0 fully saturated rings. The van der Waals surface area contributed by atoms with Crippen LogP contribution in [-0.4, -0.2) is 21.1 Å². The molecule has 0 saturated heterocycles. The Hall–Kier alpha value is -1.68. The number of imidazole rings is 1. The van der Waals surface area contributed by atoms with E-state index in [9.17, 15) is 0 Å². The van der Waals surface area contributed by atoms with Crippen LogP contribution in [0.4, 0.5) is 0 Å². The first-order valence-electron chi connectivity index (χ1n) is 7.33. The van der Waals surface area contributed by atoms with Crippen molar-refractivity contribution in [3.63, 3.8) is 0 Å². The first-order chi connectivity index (χ1) is 9.65. The molecular formula is C16H24N4. The quantitative estimate of drug-likeness (QED) is 0.879. The maximum atomic E-state index is 4.58. The van der Waals surface area contributed by atoms with Crippen LogP contribution in [0.2, 0.25) is 0 Å². The molecule has 0 aliphatic rings. The van der Waals surface area contributed by atoms with E-state index in [2.05, 4.69) is 52.8 Å². The lowest BCUT2D eigenvalue weighted by atomic mass is 10.0. The molecule has 0 aliphatic carbocycles. The van der Waals surface area contributed by atoms with E-state index < -0.39 is 0 Å². The Labute approximate surface area is 121 Å². The average molecular weight is 272 g/mol. The third kappa shape index (κ3) is 3.25. The number of likely N-dealkylation sites (N-methyl/N-ethyl adjacent to an activating group) is 1. The number of aromatic nitrogens is 3. The summed E-state index contributed by atoms with van der Waals surface area (Å²) in [6.45, 7) is 10.3. The molecule has 4 nitrogen and oxygen atoms in total. The lowest BCUT2D eigenvalue weighted by Crippen LogP contribution is -2.25. The molecule has 2 aromatic heterocycles. The fourth-order valence-electron chi connectivity index (χ4n) is 2.60. The Morgan fingerprint density at radius 3 is 2.70 bits per heavy atom. The van der Waals surface area contributed by atoms with Crippen molar-refractivity contribution in [2.45, 2.75) is 46.7 Å². The van der Waals surface area contributed by atoms with Crippen molar-refractivity contribution in [2.75, 3.05) is 6.54 Å². The number of aryl methyl sites for hydroxylation is 3. The van der Waals surface area contributed by atoms with Gasteiger partial charge in [0.25, 0.3) is 0 Å². The largest absolute Gasteiger partial charge is 0.335 e. The molecule has 20 heavy (non-hydrogen) atoms. The molecule has 4 heteroatoms. The minimum atomic E-state index is 0.265. The Balaban J connectivity index is 2.27. The lowest BCUT2D eigenvalue weighted by molar-refractivity contribution is 0.518. The highest BCUT2D eigenvalue weighted by Crippen LogP contribution is 2.20. The average Bonchev–Trinajstić information content (AvgIpc) is 2.85. The van der Waals surface area contributed by atoms with Crippen LogP contribution in [0, 0.1) is 13.8 Å². The van der Waals surface area contributed by atoms with Gasteiger partial charge in [0.1, 0.15) is 5.82 Å².